The number of hydrogen-bond acceptors (Lipinski definition) is 3. The van der Waals surface area contributed by atoms with E-state index >= 15 is 0 Å². The maximum atomic E-state index is 12.0. The summed E-state index contributed by atoms with van der Waals surface area (Å²) in [5, 5.41) is 3.20. The average molecular weight is 276 g/mol. The topological polar surface area (TPSA) is 41.6 Å². The second-order valence-corrected chi connectivity index (χ2v) is 5.58. The first-order chi connectivity index (χ1) is 9.52. The Morgan fingerprint density at radius 2 is 2.20 bits per heavy atom. The number of benzene rings is 1. The third-order valence-electron chi connectivity index (χ3n) is 3.91. The molecule has 0 aliphatic heterocycles. The number of nitrogens with zero attached hydrogens (tertiary/aromatic N) is 1. The van der Waals surface area contributed by atoms with Crippen LogP contribution in [0.3, 0.4) is 0 Å². The molecule has 2 rings (SSSR count). The first-order valence-corrected chi connectivity index (χ1v) is 7.19. The normalized spacial score (nSPS) is 15.8. The van der Waals surface area contributed by atoms with Gasteiger partial charge in [-0.3, -0.25) is 4.79 Å². The first-order valence-electron chi connectivity index (χ1n) is 7.19. The van der Waals surface area contributed by atoms with Gasteiger partial charge in [0.25, 0.3) is 5.91 Å². The molecular weight excluding hydrogens is 252 g/mol. The Balaban J connectivity index is 2.03. The molecule has 1 fully saturated rings. The molecule has 1 amide bonds. The molecule has 0 heterocycles. The van der Waals surface area contributed by atoms with Gasteiger partial charge in [0.05, 0.1) is 0 Å². The van der Waals surface area contributed by atoms with Crippen molar-refractivity contribution in [1.29, 1.82) is 0 Å². The van der Waals surface area contributed by atoms with Crippen LogP contribution in [-0.4, -0.2) is 37.6 Å². The molecule has 1 N–H and O–H groups in total. The van der Waals surface area contributed by atoms with Gasteiger partial charge in [0.1, 0.15) is 5.75 Å². The van der Waals surface area contributed by atoms with Crippen LogP contribution in [0.1, 0.15) is 36.9 Å². The zero-order valence-corrected chi connectivity index (χ0v) is 12.8. The van der Waals surface area contributed by atoms with E-state index in [1.165, 1.54) is 0 Å². The van der Waals surface area contributed by atoms with Gasteiger partial charge in [0, 0.05) is 24.7 Å². The van der Waals surface area contributed by atoms with Gasteiger partial charge in [0.2, 0.25) is 0 Å². The van der Waals surface area contributed by atoms with Gasteiger partial charge in [-0.05, 0) is 45.4 Å². The summed E-state index contributed by atoms with van der Waals surface area (Å²) in [6.45, 7) is 4.22. The Kier molecular flexibility index (Phi) is 4.65. The van der Waals surface area contributed by atoms with Crippen molar-refractivity contribution >= 4 is 5.91 Å². The number of carbonyl (C=O) groups excluding carboxylic acids is 1. The molecule has 1 aliphatic rings. The maximum Gasteiger partial charge on any atom is 0.260 e. The van der Waals surface area contributed by atoms with Gasteiger partial charge in [-0.15, -0.1) is 0 Å². The number of nitrogens with one attached hydrogen (secondary N) is 1. The highest BCUT2D eigenvalue weighted by Gasteiger charge is 2.29. The molecule has 110 valence electrons. The van der Waals surface area contributed by atoms with Crippen LogP contribution in [0.2, 0.25) is 0 Å². The van der Waals surface area contributed by atoms with Gasteiger partial charge < -0.3 is 15.0 Å². The lowest BCUT2D eigenvalue weighted by atomic mass is 10.1. The fourth-order valence-corrected chi connectivity index (χ4v) is 2.19. The van der Waals surface area contributed by atoms with Crippen molar-refractivity contribution in [2.24, 2.45) is 0 Å². The Hall–Kier alpha value is -1.55. The van der Waals surface area contributed by atoms with Gasteiger partial charge in [-0.2, -0.15) is 0 Å². The first kappa shape index (κ1) is 14.9. The van der Waals surface area contributed by atoms with Crippen molar-refractivity contribution in [1.82, 2.24) is 10.2 Å². The molecule has 1 unspecified atom stereocenters. The molecule has 0 radical (unpaired) electrons. The van der Waals surface area contributed by atoms with E-state index in [4.69, 9.17) is 4.74 Å². The Bertz CT molecular complexity index is 483. The number of likely N-dealkylation sites (N-methyl/N-ethyl adjacent to an activating group) is 1. The molecule has 1 saturated carbocycles. The molecule has 4 nitrogen and oxygen atoms in total. The van der Waals surface area contributed by atoms with Crippen LogP contribution >= 0.6 is 0 Å². The SMILES string of the molecule is CNC(C)c1ccc(C)cc1OCC(=O)N(C)C1CC1. The molecular formula is C16H24N2O2. The van der Waals surface area contributed by atoms with E-state index in [0.29, 0.717) is 6.04 Å². The summed E-state index contributed by atoms with van der Waals surface area (Å²) in [6, 6.07) is 6.74. The van der Waals surface area contributed by atoms with Gasteiger partial charge in [0.15, 0.2) is 6.61 Å². The van der Waals surface area contributed by atoms with Gasteiger partial charge in [-0.1, -0.05) is 12.1 Å². The Morgan fingerprint density at radius 1 is 1.50 bits per heavy atom. The van der Waals surface area contributed by atoms with Crippen molar-refractivity contribution < 1.29 is 9.53 Å². The monoisotopic (exact) mass is 276 g/mol. The Labute approximate surface area is 121 Å². The number of hydrogen-bond donors (Lipinski definition) is 1. The minimum absolute atomic E-state index is 0.0528. The highest BCUT2D eigenvalue weighted by atomic mass is 16.5. The van der Waals surface area contributed by atoms with Crippen LogP contribution in [0.25, 0.3) is 0 Å². The quantitative estimate of drug-likeness (QED) is 0.866. The highest BCUT2D eigenvalue weighted by Crippen LogP contribution is 2.27. The zero-order valence-electron chi connectivity index (χ0n) is 12.8. The van der Waals surface area contributed by atoms with Crippen molar-refractivity contribution in [2.45, 2.75) is 38.8 Å². The molecule has 1 aliphatic carbocycles. The summed E-state index contributed by atoms with van der Waals surface area (Å²) in [7, 11) is 3.77. The van der Waals surface area contributed by atoms with Crippen LogP contribution in [0.15, 0.2) is 18.2 Å². The molecule has 4 heteroatoms. The van der Waals surface area contributed by atoms with Crippen LogP contribution in [-0.2, 0) is 4.79 Å². The summed E-state index contributed by atoms with van der Waals surface area (Å²) < 4.78 is 5.77. The highest BCUT2D eigenvalue weighted by molar-refractivity contribution is 5.78. The lowest BCUT2D eigenvalue weighted by Crippen LogP contribution is -2.33. The third kappa shape index (κ3) is 3.51. The van der Waals surface area contributed by atoms with Crippen LogP contribution in [0.4, 0.5) is 0 Å². The van der Waals surface area contributed by atoms with E-state index in [1.54, 1.807) is 4.90 Å². The number of carbonyl (C=O) groups is 1. The lowest BCUT2D eigenvalue weighted by molar-refractivity contribution is -0.132. The van der Waals surface area contributed by atoms with Crippen molar-refractivity contribution in [3.63, 3.8) is 0 Å². The molecule has 0 saturated heterocycles. The summed E-state index contributed by atoms with van der Waals surface area (Å²) in [4.78, 5) is 13.8. The fourth-order valence-electron chi connectivity index (χ4n) is 2.19. The summed E-state index contributed by atoms with van der Waals surface area (Å²) in [5.74, 6) is 0.849. The van der Waals surface area contributed by atoms with Crippen molar-refractivity contribution in [3.8, 4) is 5.75 Å². The lowest BCUT2D eigenvalue weighted by Gasteiger charge is -2.19. The number of amides is 1. The molecule has 20 heavy (non-hydrogen) atoms. The van der Waals surface area contributed by atoms with Crippen LogP contribution in [0.5, 0.6) is 5.75 Å². The standard InChI is InChI=1S/C16H24N2O2/c1-11-5-8-14(12(2)17-3)15(9-11)20-10-16(19)18(4)13-6-7-13/h5,8-9,12-13,17H,6-7,10H2,1-4H3. The maximum absolute atomic E-state index is 12.0. The van der Waals surface area contributed by atoms with E-state index < -0.39 is 0 Å². The Morgan fingerprint density at radius 3 is 2.80 bits per heavy atom. The molecule has 1 aromatic carbocycles. The number of rotatable bonds is 6. The zero-order chi connectivity index (χ0) is 14.7. The van der Waals surface area contributed by atoms with Crippen LogP contribution < -0.4 is 10.1 Å². The molecule has 0 aromatic heterocycles. The predicted octanol–water partition coefficient (Wildman–Crippen LogP) is 2.28. The second-order valence-electron chi connectivity index (χ2n) is 5.58. The smallest absolute Gasteiger partial charge is 0.260 e. The van der Waals surface area contributed by atoms with Crippen molar-refractivity contribution in [3.05, 3.63) is 29.3 Å². The minimum atomic E-state index is 0.0528. The second kappa shape index (κ2) is 6.27. The van der Waals surface area contributed by atoms with Gasteiger partial charge >= 0.3 is 0 Å². The third-order valence-corrected chi connectivity index (χ3v) is 3.91. The number of ether oxygens (including phenoxy) is 1. The van der Waals surface area contributed by atoms with Crippen LogP contribution in [0, 0.1) is 6.92 Å². The molecule has 0 bridgehead atoms. The molecule has 1 atom stereocenters. The van der Waals surface area contributed by atoms with E-state index in [0.717, 1.165) is 29.7 Å². The van der Waals surface area contributed by atoms with E-state index in [1.807, 2.05) is 27.1 Å². The average Bonchev–Trinajstić information content (AvgIpc) is 3.27. The largest absolute Gasteiger partial charge is 0.483 e. The van der Waals surface area contributed by atoms with E-state index in [2.05, 4.69) is 24.4 Å². The summed E-state index contributed by atoms with van der Waals surface area (Å²) >= 11 is 0. The van der Waals surface area contributed by atoms with Gasteiger partial charge in [-0.25, -0.2) is 0 Å². The summed E-state index contributed by atoms with van der Waals surface area (Å²) in [5.41, 5.74) is 2.22. The van der Waals surface area contributed by atoms with E-state index in [9.17, 15) is 4.79 Å². The van der Waals surface area contributed by atoms with E-state index in [-0.39, 0.29) is 18.6 Å². The molecule has 1 aromatic rings. The summed E-state index contributed by atoms with van der Waals surface area (Å²) in [6.07, 6.45) is 2.24. The van der Waals surface area contributed by atoms with Crippen molar-refractivity contribution in [2.75, 3.05) is 20.7 Å². The number of aryl methyl sites for hydroxylation is 1. The minimum Gasteiger partial charge on any atom is -0.483 e. The predicted molar refractivity (Wildman–Crippen MR) is 79.9 cm³/mol. The molecule has 0 spiro atoms. The fraction of sp³-hybridized carbons (Fsp3) is 0.562.